The largest absolute Gasteiger partial charge is 0.394 e. The molecule has 4 rings (SSSR count). The summed E-state index contributed by atoms with van der Waals surface area (Å²) in [5.74, 6) is 0. The maximum atomic E-state index is 11.4. The third-order valence-corrected chi connectivity index (χ3v) is 6.72. The Hall–Kier alpha value is -2.11. The number of hydrogen-bond donors (Lipinski definition) is 3. The van der Waals surface area contributed by atoms with Gasteiger partial charge in [-0.1, -0.05) is 16.8 Å². The Bertz CT molecular complexity index is 1120. The number of nitrogens with zero attached hydrogens (tertiary/aromatic N) is 6. The Morgan fingerprint density at radius 1 is 1.48 bits per heavy atom. The smallest absolute Gasteiger partial charge is 0.149 e. The van der Waals surface area contributed by atoms with Crippen LogP contribution in [0, 0.1) is 11.3 Å². The second-order valence-electron chi connectivity index (χ2n) is 6.77. The fraction of sp³-hybridized carbons (Fsp3) is 0.389. The van der Waals surface area contributed by atoms with Crippen LogP contribution in [0.4, 0.5) is 0 Å². The van der Waals surface area contributed by atoms with Crippen molar-refractivity contribution < 1.29 is 19.7 Å². The molecule has 4 heterocycles. The highest BCUT2D eigenvalue weighted by Crippen LogP contribution is 2.44. The van der Waals surface area contributed by atoms with Crippen LogP contribution >= 0.6 is 35.6 Å². The average Bonchev–Trinajstić information content (AvgIpc) is 3.44. The van der Waals surface area contributed by atoms with Gasteiger partial charge in [-0.05, 0) is 6.07 Å². The Labute approximate surface area is 191 Å². The van der Waals surface area contributed by atoms with Crippen molar-refractivity contribution >= 4 is 35.6 Å². The number of halogens is 1. The Balaban J connectivity index is 1.97. The highest BCUT2D eigenvalue weighted by molar-refractivity contribution is 7.80. The number of aliphatic hydroxyl groups excluding tert-OH is 2. The molecule has 0 radical (unpaired) electrons. The zero-order valence-electron chi connectivity index (χ0n) is 16.0. The van der Waals surface area contributed by atoms with E-state index in [9.17, 15) is 15.5 Å². The lowest BCUT2D eigenvalue weighted by atomic mass is 9.76. The molecule has 0 amide bonds. The van der Waals surface area contributed by atoms with E-state index in [0.717, 1.165) is 0 Å². The number of hydrogen-bond acceptors (Lipinski definition) is 11. The second-order valence-corrected chi connectivity index (χ2v) is 8.53. The summed E-state index contributed by atoms with van der Waals surface area (Å²) in [6.45, 7) is -0.481. The number of aliphatic hydroxyl groups is 2. The average molecular weight is 481 g/mol. The van der Waals surface area contributed by atoms with Crippen LogP contribution in [0.1, 0.15) is 11.1 Å². The minimum atomic E-state index is -1.47. The van der Waals surface area contributed by atoms with Crippen LogP contribution in [0.15, 0.2) is 30.0 Å². The summed E-state index contributed by atoms with van der Waals surface area (Å²) in [5.41, 5.74) is -1.21. The van der Waals surface area contributed by atoms with Crippen LogP contribution < -0.4 is 0 Å². The molecule has 3 aromatic rings. The number of rotatable bonds is 5. The van der Waals surface area contributed by atoms with Gasteiger partial charge in [0.15, 0.2) is 0 Å². The topological polar surface area (TPSA) is 139 Å². The summed E-state index contributed by atoms with van der Waals surface area (Å²) in [6.07, 6.45) is 1.23. The number of ether oxygens (including phenoxy) is 2. The first kappa shape index (κ1) is 22.1. The molecule has 0 spiro atoms. The van der Waals surface area contributed by atoms with Gasteiger partial charge in [0.05, 0.1) is 18.4 Å². The van der Waals surface area contributed by atoms with Crippen molar-refractivity contribution in [1.29, 1.82) is 5.26 Å². The number of aromatic nitrogens is 5. The third kappa shape index (κ3) is 3.62. The maximum absolute atomic E-state index is 11.4. The monoisotopic (exact) mass is 480 g/mol. The Morgan fingerprint density at radius 2 is 2.29 bits per heavy atom. The van der Waals surface area contributed by atoms with E-state index in [1.807, 2.05) is 6.07 Å². The number of pyridine rings is 1. The van der Waals surface area contributed by atoms with Crippen LogP contribution in [-0.4, -0.2) is 72.6 Å². The van der Waals surface area contributed by atoms with Gasteiger partial charge in [-0.2, -0.15) is 5.26 Å². The van der Waals surface area contributed by atoms with Crippen molar-refractivity contribution in [3.63, 3.8) is 0 Å². The molecule has 13 heteroatoms. The summed E-state index contributed by atoms with van der Waals surface area (Å²) in [4.78, 5) is 8.35. The van der Waals surface area contributed by atoms with E-state index in [2.05, 4.69) is 32.9 Å². The van der Waals surface area contributed by atoms with Crippen molar-refractivity contribution in [2.75, 3.05) is 13.7 Å². The molecular formula is C18H17ClN6O4S2. The van der Waals surface area contributed by atoms with Gasteiger partial charge in [0.1, 0.15) is 51.2 Å². The van der Waals surface area contributed by atoms with E-state index in [0.29, 0.717) is 21.4 Å². The molecule has 0 saturated carbocycles. The molecule has 0 bridgehead atoms. The number of thiazole rings is 1. The Morgan fingerprint density at radius 3 is 2.94 bits per heavy atom. The third-order valence-electron chi connectivity index (χ3n) is 5.14. The maximum Gasteiger partial charge on any atom is 0.149 e. The first-order valence-corrected chi connectivity index (χ1v) is 10.8. The summed E-state index contributed by atoms with van der Waals surface area (Å²) >= 11 is 11.7. The molecule has 0 aromatic carbocycles. The van der Waals surface area contributed by atoms with E-state index in [4.69, 9.17) is 21.1 Å². The van der Waals surface area contributed by atoms with Crippen LogP contribution in [0.2, 0.25) is 5.15 Å². The lowest BCUT2D eigenvalue weighted by Gasteiger charge is -2.51. The van der Waals surface area contributed by atoms with Gasteiger partial charge in [-0.3, -0.25) is 4.98 Å². The van der Waals surface area contributed by atoms with Crippen molar-refractivity contribution in [1.82, 2.24) is 25.0 Å². The van der Waals surface area contributed by atoms with E-state index < -0.39 is 35.9 Å². The van der Waals surface area contributed by atoms with E-state index in [1.54, 1.807) is 17.6 Å². The normalized spacial score (nSPS) is 28.4. The molecule has 2 N–H and O–H groups in total. The number of methoxy groups -OCH3 is 1. The highest BCUT2D eigenvalue weighted by atomic mass is 35.5. The zero-order chi connectivity index (χ0) is 22.2. The summed E-state index contributed by atoms with van der Waals surface area (Å²) < 4.78 is 12.8. The van der Waals surface area contributed by atoms with Crippen LogP contribution in [0.25, 0.3) is 10.7 Å². The minimum absolute atomic E-state index is 0.272. The molecule has 1 fully saturated rings. The van der Waals surface area contributed by atoms with Crippen LogP contribution in [-0.2, 0) is 15.0 Å². The molecule has 1 unspecified atom stereocenters. The Kier molecular flexibility index (Phi) is 6.27. The molecule has 1 saturated heterocycles. The zero-order valence-corrected chi connectivity index (χ0v) is 18.5. The molecule has 31 heavy (non-hydrogen) atoms. The molecular weight excluding hydrogens is 464 g/mol. The van der Waals surface area contributed by atoms with Gasteiger partial charge in [0, 0.05) is 30.4 Å². The summed E-state index contributed by atoms with van der Waals surface area (Å²) in [7, 11) is 1.44. The van der Waals surface area contributed by atoms with Gasteiger partial charge in [0.25, 0.3) is 0 Å². The number of thiol groups is 1. The van der Waals surface area contributed by atoms with Gasteiger partial charge in [-0.25, -0.2) is 9.67 Å². The van der Waals surface area contributed by atoms with Crippen molar-refractivity contribution in [2.24, 2.45) is 0 Å². The molecule has 5 atom stereocenters. The van der Waals surface area contributed by atoms with Gasteiger partial charge >= 0.3 is 0 Å². The molecule has 3 aromatic heterocycles. The van der Waals surface area contributed by atoms with Gasteiger partial charge in [0.2, 0.25) is 0 Å². The highest BCUT2D eigenvalue weighted by Gasteiger charge is 2.59. The van der Waals surface area contributed by atoms with E-state index in [-0.39, 0.29) is 5.56 Å². The van der Waals surface area contributed by atoms with Crippen molar-refractivity contribution in [3.8, 4) is 16.8 Å². The fourth-order valence-electron chi connectivity index (χ4n) is 3.80. The molecule has 0 aliphatic carbocycles. The standard InChI is InChI=1S/C18H17ClN6O4S2/c1-28-15-17(30)29-12(7-26)14(27)18(15,10-2-9(3-20)4-21-5-10)25-6-11(23-24-25)16-22-13(19)8-31-16/h2,4-6,8,12,14-15,17,26-27,30H,7H2,1H3/t12-,14+,15+,17-,18?/m1/s1. The molecule has 10 nitrogen and oxygen atoms in total. The van der Waals surface area contributed by atoms with Crippen LogP contribution in [0.5, 0.6) is 0 Å². The SMILES string of the molecule is CO[C@H]1[C@@H](S)O[C@H](CO)[C@H](O)C1(c1cncc(C#N)c1)n1cc(-c2nc(Cl)cs2)nn1. The summed E-state index contributed by atoms with van der Waals surface area (Å²) in [5, 5.41) is 41.6. The first-order chi connectivity index (χ1) is 14.9. The fourth-order valence-corrected chi connectivity index (χ4v) is 5.20. The minimum Gasteiger partial charge on any atom is -0.394 e. The van der Waals surface area contributed by atoms with Gasteiger partial charge in [-0.15, -0.1) is 29.1 Å². The second kappa shape index (κ2) is 8.79. The lowest BCUT2D eigenvalue weighted by molar-refractivity contribution is -0.213. The van der Waals surface area contributed by atoms with E-state index in [1.165, 1.54) is 35.5 Å². The van der Waals surface area contributed by atoms with Crippen LogP contribution in [0.3, 0.4) is 0 Å². The first-order valence-electron chi connectivity index (χ1n) is 9.00. The number of nitriles is 1. The predicted molar refractivity (Wildman–Crippen MR) is 114 cm³/mol. The molecule has 1 aliphatic rings. The predicted octanol–water partition coefficient (Wildman–Crippen LogP) is 1.09. The van der Waals surface area contributed by atoms with Crippen molar-refractivity contribution in [2.45, 2.75) is 29.3 Å². The molecule has 1 aliphatic heterocycles. The molecule has 162 valence electrons. The summed E-state index contributed by atoms with van der Waals surface area (Å²) in [6, 6.07) is 3.61. The van der Waals surface area contributed by atoms with E-state index >= 15 is 0 Å². The van der Waals surface area contributed by atoms with Gasteiger partial charge < -0.3 is 19.7 Å². The van der Waals surface area contributed by atoms with Crippen molar-refractivity contribution in [3.05, 3.63) is 46.3 Å². The lowest BCUT2D eigenvalue weighted by Crippen LogP contribution is -2.67. The quantitative estimate of drug-likeness (QED) is 0.458.